The Bertz CT molecular complexity index is 831. The van der Waals surface area contributed by atoms with Crippen LogP contribution in [0.3, 0.4) is 0 Å². The van der Waals surface area contributed by atoms with E-state index in [0.29, 0.717) is 5.75 Å². The predicted molar refractivity (Wildman–Crippen MR) is 95.3 cm³/mol. The van der Waals surface area contributed by atoms with Crippen molar-refractivity contribution >= 4 is 11.9 Å². The summed E-state index contributed by atoms with van der Waals surface area (Å²) in [4.78, 5) is 25.5. The second kappa shape index (κ2) is 9.92. The zero-order valence-electron chi connectivity index (χ0n) is 14.9. The van der Waals surface area contributed by atoms with Crippen molar-refractivity contribution in [2.24, 2.45) is 0 Å². The van der Waals surface area contributed by atoms with Crippen LogP contribution in [-0.2, 0) is 16.1 Å². The van der Waals surface area contributed by atoms with Crippen LogP contribution in [0.25, 0.3) is 0 Å². The first kappa shape index (κ1) is 19.9. The third-order valence-corrected chi connectivity index (χ3v) is 3.73. The van der Waals surface area contributed by atoms with Crippen molar-refractivity contribution in [1.82, 2.24) is 4.90 Å². The third-order valence-electron chi connectivity index (χ3n) is 3.73. The molecule has 0 N–H and O–H groups in total. The Morgan fingerprint density at radius 3 is 2.56 bits per heavy atom. The number of ether oxygens (including phenoxy) is 2. The minimum Gasteiger partial charge on any atom is -0.488 e. The van der Waals surface area contributed by atoms with E-state index < -0.39 is 18.5 Å². The third kappa shape index (κ3) is 6.12. The van der Waals surface area contributed by atoms with Gasteiger partial charge in [-0.1, -0.05) is 24.3 Å². The quantitative estimate of drug-likeness (QED) is 0.668. The highest BCUT2D eigenvalue weighted by molar-refractivity contribution is 5.93. The van der Waals surface area contributed by atoms with Crippen molar-refractivity contribution in [2.45, 2.75) is 13.0 Å². The monoisotopic (exact) mass is 370 g/mol. The van der Waals surface area contributed by atoms with E-state index in [2.05, 4.69) is 0 Å². The van der Waals surface area contributed by atoms with Gasteiger partial charge in [0.15, 0.2) is 6.61 Å². The van der Waals surface area contributed by atoms with Gasteiger partial charge in [0.2, 0.25) is 0 Å². The predicted octanol–water partition coefficient (Wildman–Crippen LogP) is 2.93. The Morgan fingerprint density at radius 1 is 1.15 bits per heavy atom. The molecule has 0 fully saturated rings. The standard InChI is InChI=1S/C20H19FN2O4/c1-23(12-4-11-22)19(24)14-27-20(25)17-5-2-3-6-18(17)26-13-15-7-9-16(21)10-8-15/h2-3,5-10H,4,12-14H2,1H3. The van der Waals surface area contributed by atoms with E-state index in [9.17, 15) is 14.0 Å². The van der Waals surface area contributed by atoms with E-state index in [1.54, 1.807) is 30.3 Å². The summed E-state index contributed by atoms with van der Waals surface area (Å²) in [6.45, 7) is -0.00227. The molecule has 0 aliphatic carbocycles. The molecule has 0 saturated heterocycles. The average Bonchev–Trinajstić information content (AvgIpc) is 2.69. The lowest BCUT2D eigenvalue weighted by molar-refractivity contribution is -0.133. The Hall–Kier alpha value is -3.40. The number of nitrogens with zero attached hydrogens (tertiary/aromatic N) is 2. The van der Waals surface area contributed by atoms with Gasteiger partial charge in [-0.15, -0.1) is 0 Å². The van der Waals surface area contributed by atoms with Crippen molar-refractivity contribution in [3.63, 3.8) is 0 Å². The first-order chi connectivity index (χ1) is 13.0. The number of benzene rings is 2. The first-order valence-electron chi connectivity index (χ1n) is 8.25. The van der Waals surface area contributed by atoms with Crippen molar-refractivity contribution in [1.29, 1.82) is 5.26 Å². The highest BCUT2D eigenvalue weighted by Gasteiger charge is 2.17. The molecule has 1 amide bonds. The van der Waals surface area contributed by atoms with Crippen molar-refractivity contribution in [3.8, 4) is 11.8 Å². The molecular formula is C20H19FN2O4. The fourth-order valence-electron chi connectivity index (χ4n) is 2.16. The van der Waals surface area contributed by atoms with Crippen LogP contribution >= 0.6 is 0 Å². The van der Waals surface area contributed by atoms with Gasteiger partial charge in [0, 0.05) is 13.6 Å². The van der Waals surface area contributed by atoms with Crippen LogP contribution in [-0.4, -0.2) is 37.0 Å². The number of amides is 1. The summed E-state index contributed by atoms with van der Waals surface area (Å²) >= 11 is 0. The normalized spacial score (nSPS) is 9.96. The van der Waals surface area contributed by atoms with Crippen LogP contribution in [0.5, 0.6) is 5.75 Å². The van der Waals surface area contributed by atoms with Gasteiger partial charge in [-0.05, 0) is 29.8 Å². The number of hydrogen-bond acceptors (Lipinski definition) is 5. The van der Waals surface area contributed by atoms with Crippen LogP contribution in [0, 0.1) is 17.1 Å². The lowest BCUT2D eigenvalue weighted by atomic mass is 10.2. The molecule has 0 bridgehead atoms. The summed E-state index contributed by atoms with van der Waals surface area (Å²) in [5.41, 5.74) is 0.931. The van der Waals surface area contributed by atoms with E-state index in [1.165, 1.54) is 30.1 Å². The Balaban J connectivity index is 1.95. The van der Waals surface area contributed by atoms with Gasteiger partial charge >= 0.3 is 5.97 Å². The molecule has 0 saturated carbocycles. The fourth-order valence-corrected chi connectivity index (χ4v) is 2.16. The van der Waals surface area contributed by atoms with Gasteiger partial charge in [0.1, 0.15) is 23.7 Å². The minimum atomic E-state index is -0.688. The molecule has 2 rings (SSSR count). The van der Waals surface area contributed by atoms with E-state index in [1.807, 2.05) is 6.07 Å². The van der Waals surface area contributed by atoms with Crippen molar-refractivity contribution in [3.05, 3.63) is 65.5 Å². The number of likely N-dealkylation sites (N-methyl/N-ethyl adjacent to an activating group) is 1. The maximum absolute atomic E-state index is 12.9. The SMILES string of the molecule is CN(CCC#N)C(=O)COC(=O)c1ccccc1OCc1ccc(F)cc1. The summed E-state index contributed by atoms with van der Waals surface area (Å²) in [6.07, 6.45) is 0.205. The minimum absolute atomic E-state index is 0.153. The number of halogens is 1. The lowest BCUT2D eigenvalue weighted by Crippen LogP contribution is -2.32. The summed E-state index contributed by atoms with van der Waals surface area (Å²) in [5, 5.41) is 8.53. The largest absolute Gasteiger partial charge is 0.488 e. The van der Waals surface area contributed by atoms with Crippen molar-refractivity contribution < 1.29 is 23.5 Å². The molecule has 0 aromatic heterocycles. The molecule has 0 atom stereocenters. The Morgan fingerprint density at radius 2 is 1.85 bits per heavy atom. The van der Waals surface area contributed by atoms with Gasteiger partial charge in [-0.3, -0.25) is 4.79 Å². The van der Waals surface area contributed by atoms with Gasteiger partial charge in [-0.2, -0.15) is 5.26 Å². The number of rotatable bonds is 8. The van der Waals surface area contributed by atoms with Crippen LogP contribution in [0.2, 0.25) is 0 Å². The molecular weight excluding hydrogens is 351 g/mol. The maximum atomic E-state index is 12.9. The number of carbonyl (C=O) groups excluding carboxylic acids is 2. The van der Waals surface area contributed by atoms with Crippen LogP contribution < -0.4 is 4.74 Å². The van der Waals surface area contributed by atoms with E-state index >= 15 is 0 Å². The Labute approximate surface area is 156 Å². The fraction of sp³-hybridized carbons (Fsp3) is 0.250. The lowest BCUT2D eigenvalue weighted by Gasteiger charge is -2.16. The van der Waals surface area contributed by atoms with E-state index in [4.69, 9.17) is 14.7 Å². The number of hydrogen-bond donors (Lipinski definition) is 0. The van der Waals surface area contributed by atoms with Crippen LogP contribution in [0.1, 0.15) is 22.3 Å². The topological polar surface area (TPSA) is 79.6 Å². The number of para-hydroxylation sites is 1. The van der Waals surface area contributed by atoms with Gasteiger partial charge < -0.3 is 14.4 Å². The smallest absolute Gasteiger partial charge is 0.342 e. The number of esters is 1. The van der Waals surface area contributed by atoms with E-state index in [0.717, 1.165) is 5.56 Å². The first-order valence-corrected chi connectivity index (χ1v) is 8.25. The molecule has 6 nitrogen and oxygen atoms in total. The molecule has 0 spiro atoms. The molecule has 0 heterocycles. The van der Waals surface area contributed by atoms with Gasteiger partial charge in [0.25, 0.3) is 5.91 Å². The summed E-state index contributed by atoms with van der Waals surface area (Å²) < 4.78 is 23.6. The average molecular weight is 370 g/mol. The van der Waals surface area contributed by atoms with Gasteiger partial charge in [-0.25, -0.2) is 9.18 Å². The molecule has 7 heteroatoms. The highest BCUT2D eigenvalue weighted by Crippen LogP contribution is 2.20. The number of nitriles is 1. The Kier molecular flexibility index (Phi) is 7.32. The highest BCUT2D eigenvalue weighted by atomic mass is 19.1. The molecule has 2 aromatic rings. The molecule has 0 radical (unpaired) electrons. The van der Waals surface area contributed by atoms with Crippen LogP contribution in [0.15, 0.2) is 48.5 Å². The second-order valence-corrected chi connectivity index (χ2v) is 5.71. The second-order valence-electron chi connectivity index (χ2n) is 5.71. The summed E-state index contributed by atoms with van der Waals surface area (Å²) in [5.74, 6) is -1.13. The summed E-state index contributed by atoms with van der Waals surface area (Å²) in [7, 11) is 1.53. The zero-order chi connectivity index (χ0) is 19.6. The summed E-state index contributed by atoms with van der Waals surface area (Å²) in [6, 6.07) is 14.3. The number of carbonyl (C=O) groups is 2. The molecule has 0 aliphatic rings. The molecule has 2 aromatic carbocycles. The van der Waals surface area contributed by atoms with Crippen LogP contribution in [0.4, 0.5) is 4.39 Å². The molecule has 0 unspecified atom stereocenters. The molecule has 140 valence electrons. The van der Waals surface area contributed by atoms with E-state index in [-0.39, 0.29) is 31.0 Å². The maximum Gasteiger partial charge on any atom is 0.342 e. The molecule has 27 heavy (non-hydrogen) atoms. The van der Waals surface area contributed by atoms with Gasteiger partial charge in [0.05, 0.1) is 12.5 Å². The van der Waals surface area contributed by atoms with Crippen molar-refractivity contribution in [2.75, 3.05) is 20.2 Å². The zero-order valence-corrected chi connectivity index (χ0v) is 14.9. The molecule has 0 aliphatic heterocycles.